The molecule has 1 unspecified atom stereocenters. The van der Waals surface area contributed by atoms with Gasteiger partial charge in [-0.1, -0.05) is 32.1 Å². The van der Waals surface area contributed by atoms with Gasteiger partial charge in [0.15, 0.2) is 0 Å². The number of nitrogens with two attached hydrogens (primary N) is 1. The SMILES string of the molecule is Cc1ccc(NC(=O)C(C(N)=S)C(C)C)c(F)c1. The average Bonchev–Trinajstić information content (AvgIpc) is 2.21. The van der Waals surface area contributed by atoms with Crippen LogP contribution in [0.15, 0.2) is 18.2 Å². The lowest BCUT2D eigenvalue weighted by Gasteiger charge is -2.19. The molecule has 1 rings (SSSR count). The maximum absolute atomic E-state index is 13.6. The molecule has 0 fully saturated rings. The van der Waals surface area contributed by atoms with Gasteiger partial charge in [0.2, 0.25) is 5.91 Å². The highest BCUT2D eigenvalue weighted by Crippen LogP contribution is 2.19. The molecule has 0 heterocycles. The van der Waals surface area contributed by atoms with Crippen LogP contribution in [0.25, 0.3) is 0 Å². The molecule has 18 heavy (non-hydrogen) atoms. The molecule has 0 saturated carbocycles. The van der Waals surface area contributed by atoms with E-state index in [0.29, 0.717) is 0 Å². The Kier molecular flexibility index (Phi) is 4.78. The number of amides is 1. The van der Waals surface area contributed by atoms with E-state index in [2.05, 4.69) is 5.32 Å². The van der Waals surface area contributed by atoms with E-state index in [0.717, 1.165) is 5.56 Å². The molecule has 1 aromatic rings. The summed E-state index contributed by atoms with van der Waals surface area (Å²) in [6.07, 6.45) is 0. The highest BCUT2D eigenvalue weighted by molar-refractivity contribution is 7.80. The first-order valence-electron chi connectivity index (χ1n) is 5.69. The molecule has 3 nitrogen and oxygen atoms in total. The molecule has 0 radical (unpaired) electrons. The van der Waals surface area contributed by atoms with E-state index in [-0.39, 0.29) is 22.5 Å². The number of halogens is 1. The molecule has 0 aromatic heterocycles. The molecule has 1 atom stereocenters. The number of thiocarbonyl (C=S) groups is 1. The van der Waals surface area contributed by atoms with E-state index in [1.54, 1.807) is 13.0 Å². The molecule has 0 bridgehead atoms. The normalized spacial score (nSPS) is 12.3. The fourth-order valence-corrected chi connectivity index (χ4v) is 2.07. The largest absolute Gasteiger partial charge is 0.393 e. The van der Waals surface area contributed by atoms with Crippen molar-refractivity contribution < 1.29 is 9.18 Å². The number of hydrogen-bond donors (Lipinski definition) is 2. The van der Waals surface area contributed by atoms with Gasteiger partial charge in [-0.05, 0) is 30.5 Å². The zero-order chi connectivity index (χ0) is 13.9. The first kappa shape index (κ1) is 14.6. The van der Waals surface area contributed by atoms with Crippen LogP contribution >= 0.6 is 12.2 Å². The van der Waals surface area contributed by atoms with Crippen molar-refractivity contribution in [2.45, 2.75) is 20.8 Å². The first-order chi connectivity index (χ1) is 8.32. The van der Waals surface area contributed by atoms with Gasteiger partial charge in [0, 0.05) is 0 Å². The van der Waals surface area contributed by atoms with Crippen LogP contribution in [0.2, 0.25) is 0 Å². The summed E-state index contributed by atoms with van der Waals surface area (Å²) in [6, 6.07) is 4.62. The Bertz CT molecular complexity index is 474. The van der Waals surface area contributed by atoms with Gasteiger partial charge < -0.3 is 11.1 Å². The van der Waals surface area contributed by atoms with Gasteiger partial charge in [0.1, 0.15) is 5.82 Å². The summed E-state index contributed by atoms with van der Waals surface area (Å²) in [4.78, 5) is 12.1. The smallest absolute Gasteiger partial charge is 0.234 e. The Morgan fingerprint density at radius 2 is 2.06 bits per heavy atom. The Balaban J connectivity index is 2.89. The third-order valence-electron chi connectivity index (χ3n) is 2.64. The van der Waals surface area contributed by atoms with Crippen LogP contribution in [0.1, 0.15) is 19.4 Å². The number of hydrogen-bond acceptors (Lipinski definition) is 2. The van der Waals surface area contributed by atoms with Crippen molar-refractivity contribution in [2.24, 2.45) is 17.6 Å². The predicted octanol–water partition coefficient (Wildman–Crippen LogP) is 2.63. The Morgan fingerprint density at radius 3 is 2.50 bits per heavy atom. The lowest BCUT2D eigenvalue weighted by Crippen LogP contribution is -2.36. The number of benzene rings is 1. The molecule has 0 aliphatic carbocycles. The molecule has 3 N–H and O–H groups in total. The van der Waals surface area contributed by atoms with Crippen LogP contribution in [0, 0.1) is 24.6 Å². The highest BCUT2D eigenvalue weighted by Gasteiger charge is 2.25. The maximum atomic E-state index is 13.6. The van der Waals surface area contributed by atoms with Crippen molar-refractivity contribution in [3.8, 4) is 0 Å². The highest BCUT2D eigenvalue weighted by atomic mass is 32.1. The topological polar surface area (TPSA) is 55.1 Å². The molecule has 0 spiro atoms. The molecular formula is C13H17FN2OS. The standard InChI is InChI=1S/C13H17FN2OS/c1-7(2)11(12(15)18)13(17)16-10-5-4-8(3)6-9(10)14/h4-7,11H,1-3H3,(H2,15,18)(H,16,17). The van der Waals surface area contributed by atoms with Gasteiger partial charge in [-0.3, -0.25) is 4.79 Å². The van der Waals surface area contributed by atoms with E-state index in [1.165, 1.54) is 12.1 Å². The number of rotatable bonds is 4. The molecule has 1 amide bonds. The second-order valence-electron chi connectivity index (χ2n) is 4.60. The fraction of sp³-hybridized carbons (Fsp3) is 0.385. The lowest BCUT2D eigenvalue weighted by molar-refractivity contribution is -0.118. The minimum Gasteiger partial charge on any atom is -0.393 e. The van der Waals surface area contributed by atoms with Crippen molar-refractivity contribution in [3.05, 3.63) is 29.6 Å². The molecular weight excluding hydrogens is 251 g/mol. The fourth-order valence-electron chi connectivity index (χ4n) is 1.69. The van der Waals surface area contributed by atoms with Gasteiger partial charge >= 0.3 is 0 Å². The lowest BCUT2D eigenvalue weighted by atomic mass is 9.95. The van der Waals surface area contributed by atoms with Crippen molar-refractivity contribution in [2.75, 3.05) is 5.32 Å². The van der Waals surface area contributed by atoms with Crippen LogP contribution < -0.4 is 11.1 Å². The van der Waals surface area contributed by atoms with Gasteiger partial charge in [0.25, 0.3) is 0 Å². The molecule has 0 saturated heterocycles. The van der Waals surface area contributed by atoms with E-state index in [1.807, 2.05) is 13.8 Å². The van der Waals surface area contributed by atoms with Gasteiger partial charge in [-0.25, -0.2) is 4.39 Å². The monoisotopic (exact) mass is 268 g/mol. The first-order valence-corrected chi connectivity index (χ1v) is 6.10. The Labute approximate surface area is 112 Å². The third kappa shape index (κ3) is 3.50. The summed E-state index contributed by atoms with van der Waals surface area (Å²) in [5.41, 5.74) is 6.47. The number of carbonyl (C=O) groups excluding carboxylic acids is 1. The summed E-state index contributed by atoms with van der Waals surface area (Å²) in [5.74, 6) is -1.47. The van der Waals surface area contributed by atoms with Crippen molar-refractivity contribution >= 4 is 28.8 Å². The molecule has 0 aliphatic heterocycles. The molecule has 98 valence electrons. The number of nitrogens with one attached hydrogen (secondary N) is 1. The third-order valence-corrected chi connectivity index (χ3v) is 2.89. The van der Waals surface area contributed by atoms with Gasteiger partial charge in [-0.2, -0.15) is 0 Å². The number of carbonyl (C=O) groups is 1. The molecule has 0 aliphatic rings. The number of aryl methyl sites for hydroxylation is 1. The van der Waals surface area contributed by atoms with Crippen LogP contribution in [0.5, 0.6) is 0 Å². The van der Waals surface area contributed by atoms with E-state index in [9.17, 15) is 9.18 Å². The molecule has 5 heteroatoms. The summed E-state index contributed by atoms with van der Waals surface area (Å²) >= 11 is 4.86. The van der Waals surface area contributed by atoms with E-state index in [4.69, 9.17) is 18.0 Å². The van der Waals surface area contributed by atoms with E-state index < -0.39 is 11.7 Å². The average molecular weight is 268 g/mol. The zero-order valence-corrected chi connectivity index (χ0v) is 11.5. The summed E-state index contributed by atoms with van der Waals surface area (Å²) < 4.78 is 13.6. The van der Waals surface area contributed by atoms with Crippen molar-refractivity contribution in [1.29, 1.82) is 0 Å². The molecule has 1 aromatic carbocycles. The Morgan fingerprint density at radius 1 is 1.44 bits per heavy atom. The quantitative estimate of drug-likeness (QED) is 0.825. The van der Waals surface area contributed by atoms with Gasteiger partial charge in [-0.15, -0.1) is 0 Å². The van der Waals surface area contributed by atoms with Gasteiger partial charge in [0.05, 0.1) is 16.6 Å². The predicted molar refractivity (Wildman–Crippen MR) is 74.9 cm³/mol. The van der Waals surface area contributed by atoms with Crippen LogP contribution in [-0.4, -0.2) is 10.9 Å². The minimum atomic E-state index is -0.597. The van der Waals surface area contributed by atoms with Crippen molar-refractivity contribution in [3.63, 3.8) is 0 Å². The zero-order valence-electron chi connectivity index (χ0n) is 10.7. The summed E-state index contributed by atoms with van der Waals surface area (Å²) in [6.45, 7) is 5.46. The van der Waals surface area contributed by atoms with E-state index >= 15 is 0 Å². The maximum Gasteiger partial charge on any atom is 0.234 e. The van der Waals surface area contributed by atoms with Crippen LogP contribution in [0.3, 0.4) is 0 Å². The van der Waals surface area contributed by atoms with Crippen LogP contribution in [0.4, 0.5) is 10.1 Å². The second kappa shape index (κ2) is 5.91. The Hall–Kier alpha value is -1.49. The summed E-state index contributed by atoms with van der Waals surface area (Å²) in [5, 5.41) is 2.52. The minimum absolute atomic E-state index is 0.0315. The second-order valence-corrected chi connectivity index (χ2v) is 5.07. The summed E-state index contributed by atoms with van der Waals surface area (Å²) in [7, 11) is 0. The van der Waals surface area contributed by atoms with Crippen molar-refractivity contribution in [1.82, 2.24) is 0 Å². The number of anilines is 1. The van der Waals surface area contributed by atoms with Crippen LogP contribution in [-0.2, 0) is 4.79 Å².